The van der Waals surface area contributed by atoms with E-state index in [1.165, 1.54) is 5.56 Å². The molecule has 72 valence electrons. The minimum Gasteiger partial charge on any atom is -0.496 e. The number of nitrogens with one attached hydrogen (secondary N) is 1. The molecule has 0 spiro atoms. The zero-order valence-corrected chi connectivity index (χ0v) is 8.22. The summed E-state index contributed by atoms with van der Waals surface area (Å²) in [5.74, 6) is 0.849. The molecule has 13 heavy (non-hydrogen) atoms. The lowest BCUT2D eigenvalue weighted by Crippen LogP contribution is -2.08. The number of ether oxygens (including phenoxy) is 1. The number of hydrogen-bond donors (Lipinski definition) is 2. The smallest absolute Gasteiger partial charge is 0.126 e. The number of hydroxylamine groups is 1. The van der Waals surface area contributed by atoms with Gasteiger partial charge in [-0.05, 0) is 25.0 Å². The van der Waals surface area contributed by atoms with Crippen LogP contribution in [0, 0.1) is 13.8 Å². The second kappa shape index (κ2) is 4.25. The van der Waals surface area contributed by atoms with E-state index in [2.05, 4.69) is 5.48 Å². The van der Waals surface area contributed by atoms with E-state index in [9.17, 15) is 0 Å². The largest absolute Gasteiger partial charge is 0.496 e. The van der Waals surface area contributed by atoms with Crippen LogP contribution in [0.25, 0.3) is 0 Å². The van der Waals surface area contributed by atoms with E-state index >= 15 is 0 Å². The second-order valence-electron chi connectivity index (χ2n) is 3.03. The van der Waals surface area contributed by atoms with Gasteiger partial charge in [0.15, 0.2) is 0 Å². The van der Waals surface area contributed by atoms with E-state index in [1.54, 1.807) is 7.11 Å². The first kappa shape index (κ1) is 10.0. The maximum absolute atomic E-state index is 8.59. The summed E-state index contributed by atoms with van der Waals surface area (Å²) in [5, 5.41) is 8.59. The Morgan fingerprint density at radius 3 is 2.62 bits per heavy atom. The predicted molar refractivity (Wildman–Crippen MR) is 51.1 cm³/mol. The van der Waals surface area contributed by atoms with Crippen molar-refractivity contribution in [1.29, 1.82) is 0 Å². The van der Waals surface area contributed by atoms with Gasteiger partial charge in [-0.1, -0.05) is 12.1 Å². The van der Waals surface area contributed by atoms with E-state index < -0.39 is 0 Å². The highest BCUT2D eigenvalue weighted by Gasteiger charge is 2.07. The quantitative estimate of drug-likeness (QED) is 0.698. The van der Waals surface area contributed by atoms with Crippen LogP contribution < -0.4 is 10.2 Å². The minimum absolute atomic E-state index is 0.407. The highest BCUT2D eigenvalue weighted by atomic mass is 16.5. The minimum atomic E-state index is 0.407. The summed E-state index contributed by atoms with van der Waals surface area (Å²) >= 11 is 0. The molecule has 0 amide bonds. The fourth-order valence-electron chi connectivity index (χ4n) is 1.35. The van der Waals surface area contributed by atoms with Crippen LogP contribution in [0.3, 0.4) is 0 Å². The van der Waals surface area contributed by atoms with Crippen molar-refractivity contribution in [2.24, 2.45) is 0 Å². The molecule has 1 rings (SSSR count). The number of methoxy groups -OCH3 is 1. The normalized spacial score (nSPS) is 10.2. The Balaban J connectivity index is 3.13. The lowest BCUT2D eigenvalue weighted by molar-refractivity contribution is 0.160. The standard InChI is InChI=1S/C10H15NO2/c1-7-4-5-9(6-11-12)10(13-3)8(7)2/h4-5,11-12H,6H2,1-3H3. The molecule has 0 saturated heterocycles. The van der Waals surface area contributed by atoms with E-state index in [4.69, 9.17) is 9.94 Å². The molecule has 3 heteroatoms. The van der Waals surface area contributed by atoms with Crippen molar-refractivity contribution < 1.29 is 9.94 Å². The summed E-state index contributed by atoms with van der Waals surface area (Å²) in [5.41, 5.74) is 5.40. The van der Waals surface area contributed by atoms with Gasteiger partial charge in [0, 0.05) is 12.1 Å². The predicted octanol–water partition coefficient (Wildman–Crippen LogP) is 1.79. The van der Waals surface area contributed by atoms with Crippen LogP contribution in [-0.2, 0) is 6.54 Å². The zero-order chi connectivity index (χ0) is 9.84. The first-order valence-corrected chi connectivity index (χ1v) is 4.20. The van der Waals surface area contributed by atoms with Crippen LogP contribution in [0.15, 0.2) is 12.1 Å². The fourth-order valence-corrected chi connectivity index (χ4v) is 1.35. The van der Waals surface area contributed by atoms with Crippen molar-refractivity contribution in [3.8, 4) is 5.75 Å². The van der Waals surface area contributed by atoms with Gasteiger partial charge in [0.2, 0.25) is 0 Å². The van der Waals surface area contributed by atoms with Gasteiger partial charge < -0.3 is 9.94 Å². The molecule has 0 atom stereocenters. The number of hydrogen-bond acceptors (Lipinski definition) is 3. The maximum atomic E-state index is 8.59. The molecule has 0 saturated carbocycles. The SMILES string of the molecule is COc1c(CNO)ccc(C)c1C. The van der Waals surface area contributed by atoms with Gasteiger partial charge in [0.25, 0.3) is 0 Å². The van der Waals surface area contributed by atoms with Gasteiger partial charge in [-0.3, -0.25) is 0 Å². The Kier molecular flexibility index (Phi) is 3.28. The van der Waals surface area contributed by atoms with Crippen LogP contribution in [0.1, 0.15) is 16.7 Å². The number of aryl methyl sites for hydroxylation is 1. The summed E-state index contributed by atoms with van der Waals surface area (Å²) in [7, 11) is 1.64. The molecule has 1 aromatic carbocycles. The van der Waals surface area contributed by atoms with Crippen LogP contribution in [-0.4, -0.2) is 12.3 Å². The van der Waals surface area contributed by atoms with Crippen LogP contribution in [0.5, 0.6) is 5.75 Å². The van der Waals surface area contributed by atoms with E-state index in [1.807, 2.05) is 26.0 Å². The molecule has 0 aliphatic rings. The van der Waals surface area contributed by atoms with Gasteiger partial charge in [-0.25, -0.2) is 5.48 Å². The van der Waals surface area contributed by atoms with E-state index in [-0.39, 0.29) is 0 Å². The summed E-state index contributed by atoms with van der Waals surface area (Å²) in [4.78, 5) is 0. The van der Waals surface area contributed by atoms with Gasteiger partial charge in [-0.15, -0.1) is 0 Å². The molecule has 0 bridgehead atoms. The third kappa shape index (κ3) is 1.99. The Hall–Kier alpha value is -1.06. The van der Waals surface area contributed by atoms with Crippen molar-refractivity contribution in [3.63, 3.8) is 0 Å². The second-order valence-corrected chi connectivity index (χ2v) is 3.03. The molecule has 0 aliphatic carbocycles. The zero-order valence-electron chi connectivity index (χ0n) is 8.22. The fraction of sp³-hybridized carbons (Fsp3) is 0.400. The Labute approximate surface area is 78.3 Å². The molecule has 0 heterocycles. The molecule has 0 aromatic heterocycles. The highest BCUT2D eigenvalue weighted by molar-refractivity contribution is 5.45. The Bertz CT molecular complexity index is 297. The van der Waals surface area contributed by atoms with Crippen molar-refractivity contribution in [3.05, 3.63) is 28.8 Å². The Morgan fingerprint density at radius 1 is 1.38 bits per heavy atom. The molecular formula is C10H15NO2. The third-order valence-corrected chi connectivity index (χ3v) is 2.23. The highest BCUT2D eigenvalue weighted by Crippen LogP contribution is 2.25. The van der Waals surface area contributed by atoms with Gasteiger partial charge >= 0.3 is 0 Å². The van der Waals surface area contributed by atoms with Gasteiger partial charge in [-0.2, -0.15) is 0 Å². The average molecular weight is 181 g/mol. The van der Waals surface area contributed by atoms with Crippen molar-refractivity contribution in [1.82, 2.24) is 5.48 Å². The van der Waals surface area contributed by atoms with Crippen molar-refractivity contribution in [2.45, 2.75) is 20.4 Å². The molecule has 1 aromatic rings. The molecule has 0 unspecified atom stereocenters. The maximum Gasteiger partial charge on any atom is 0.126 e. The van der Waals surface area contributed by atoms with E-state index in [0.717, 1.165) is 16.9 Å². The molecule has 3 nitrogen and oxygen atoms in total. The summed E-state index contributed by atoms with van der Waals surface area (Å²) in [6.07, 6.45) is 0. The van der Waals surface area contributed by atoms with Gasteiger partial charge in [0.1, 0.15) is 5.75 Å². The summed E-state index contributed by atoms with van der Waals surface area (Å²) < 4.78 is 5.26. The summed E-state index contributed by atoms with van der Waals surface area (Å²) in [6, 6.07) is 3.97. The van der Waals surface area contributed by atoms with E-state index in [0.29, 0.717) is 6.54 Å². The Morgan fingerprint density at radius 2 is 2.08 bits per heavy atom. The lowest BCUT2D eigenvalue weighted by Gasteiger charge is -2.12. The molecular weight excluding hydrogens is 166 g/mol. The van der Waals surface area contributed by atoms with Crippen LogP contribution in [0.2, 0.25) is 0 Å². The van der Waals surface area contributed by atoms with Crippen LogP contribution in [0.4, 0.5) is 0 Å². The molecule has 2 N–H and O–H groups in total. The first-order valence-electron chi connectivity index (χ1n) is 4.20. The molecule has 0 radical (unpaired) electrons. The number of benzene rings is 1. The van der Waals surface area contributed by atoms with Crippen molar-refractivity contribution >= 4 is 0 Å². The topological polar surface area (TPSA) is 41.5 Å². The lowest BCUT2D eigenvalue weighted by atomic mass is 10.0. The molecule has 0 fully saturated rings. The molecule has 0 aliphatic heterocycles. The first-order chi connectivity index (χ1) is 6.20. The monoisotopic (exact) mass is 181 g/mol. The van der Waals surface area contributed by atoms with Crippen molar-refractivity contribution in [2.75, 3.05) is 7.11 Å². The summed E-state index contributed by atoms with van der Waals surface area (Å²) in [6.45, 7) is 4.45. The third-order valence-electron chi connectivity index (χ3n) is 2.23. The number of rotatable bonds is 3. The van der Waals surface area contributed by atoms with Gasteiger partial charge in [0.05, 0.1) is 7.11 Å². The van der Waals surface area contributed by atoms with Crippen LogP contribution >= 0.6 is 0 Å². The average Bonchev–Trinajstić information content (AvgIpc) is 2.12.